The van der Waals surface area contributed by atoms with E-state index in [4.69, 9.17) is 0 Å². The first-order valence-electron chi connectivity index (χ1n) is 8.00. The maximum atomic E-state index is 12.3. The fourth-order valence-electron chi connectivity index (χ4n) is 2.26. The van der Waals surface area contributed by atoms with E-state index in [2.05, 4.69) is 22.4 Å². The van der Waals surface area contributed by atoms with Crippen LogP contribution in [-0.2, 0) is 0 Å². The predicted molar refractivity (Wildman–Crippen MR) is 107 cm³/mol. The molecule has 3 rings (SSSR count). The average molecular weight is 400 g/mol. The number of nitro benzene ring substituents is 1. The Kier molecular flexibility index (Phi) is 5.82. The number of hydrogen-bond acceptors (Lipinski definition) is 8. The molecule has 0 aliphatic rings. The van der Waals surface area contributed by atoms with Gasteiger partial charge in [0, 0.05) is 23.4 Å². The molecule has 1 heterocycles. The van der Waals surface area contributed by atoms with Crippen molar-refractivity contribution in [3.8, 4) is 0 Å². The average Bonchev–Trinajstić information content (AvgIpc) is 3.10. The summed E-state index contributed by atoms with van der Waals surface area (Å²) in [4.78, 5) is 22.6. The number of benzene rings is 2. The first-order chi connectivity index (χ1) is 12.9. The highest BCUT2D eigenvalue weighted by Gasteiger charge is 2.13. The van der Waals surface area contributed by atoms with Crippen LogP contribution in [0.4, 0.5) is 16.5 Å². The molecule has 3 aromatic rings. The van der Waals surface area contributed by atoms with E-state index in [-0.39, 0.29) is 17.2 Å². The van der Waals surface area contributed by atoms with Gasteiger partial charge in [0.25, 0.3) is 5.69 Å². The number of nitro groups is 1. The number of ketones is 1. The van der Waals surface area contributed by atoms with E-state index in [1.807, 2.05) is 25.1 Å². The fraction of sp³-hybridized carbons (Fsp3) is 0.167. The molecular formula is C18H16N4O3S2. The molecule has 0 fully saturated rings. The van der Waals surface area contributed by atoms with Gasteiger partial charge in [0.2, 0.25) is 5.13 Å². The lowest BCUT2D eigenvalue weighted by Crippen LogP contribution is -2.03. The normalized spacial score (nSPS) is 10.6. The van der Waals surface area contributed by atoms with Crippen molar-refractivity contribution in [1.29, 1.82) is 0 Å². The molecule has 0 saturated carbocycles. The van der Waals surface area contributed by atoms with Gasteiger partial charge in [-0.05, 0) is 37.1 Å². The SMILES string of the molecule is Cc1ccc(Nc2nnc(SCC(=O)c3cccc([N+](=O)[O-])c3)s2)cc1C. The third-order valence-electron chi connectivity index (χ3n) is 3.87. The van der Waals surface area contributed by atoms with Gasteiger partial charge >= 0.3 is 0 Å². The van der Waals surface area contributed by atoms with Gasteiger partial charge in [0.05, 0.1) is 10.7 Å². The number of thioether (sulfide) groups is 1. The summed E-state index contributed by atoms with van der Waals surface area (Å²) >= 11 is 2.61. The first-order valence-corrected chi connectivity index (χ1v) is 9.81. The van der Waals surface area contributed by atoms with Crippen LogP contribution in [0.2, 0.25) is 0 Å². The van der Waals surface area contributed by atoms with Crippen LogP contribution in [0, 0.1) is 24.0 Å². The molecule has 1 N–H and O–H groups in total. The van der Waals surface area contributed by atoms with Crippen LogP contribution in [0.5, 0.6) is 0 Å². The van der Waals surface area contributed by atoms with Crippen LogP contribution >= 0.6 is 23.1 Å². The number of nitrogens with one attached hydrogen (secondary N) is 1. The molecule has 27 heavy (non-hydrogen) atoms. The Morgan fingerprint density at radius 2 is 2.00 bits per heavy atom. The molecule has 1 aromatic heterocycles. The molecule has 0 aliphatic carbocycles. The van der Waals surface area contributed by atoms with E-state index >= 15 is 0 Å². The number of anilines is 2. The quantitative estimate of drug-likeness (QED) is 0.264. The van der Waals surface area contributed by atoms with E-state index in [0.717, 1.165) is 5.69 Å². The Morgan fingerprint density at radius 3 is 2.74 bits per heavy atom. The molecule has 0 atom stereocenters. The van der Waals surface area contributed by atoms with Crippen LogP contribution in [0.3, 0.4) is 0 Å². The van der Waals surface area contributed by atoms with Crippen molar-refractivity contribution in [3.63, 3.8) is 0 Å². The summed E-state index contributed by atoms with van der Waals surface area (Å²) in [5, 5.41) is 22.8. The lowest BCUT2D eigenvalue weighted by Gasteiger charge is -2.05. The minimum Gasteiger partial charge on any atom is -0.330 e. The highest BCUT2D eigenvalue weighted by atomic mass is 32.2. The van der Waals surface area contributed by atoms with Gasteiger partial charge in [-0.3, -0.25) is 14.9 Å². The standard InChI is InChI=1S/C18H16N4O3S2/c1-11-6-7-14(8-12(11)2)19-17-20-21-18(27-17)26-10-16(23)13-4-3-5-15(9-13)22(24)25/h3-9H,10H2,1-2H3,(H,19,20). The Hall–Kier alpha value is -2.78. The van der Waals surface area contributed by atoms with Crippen LogP contribution < -0.4 is 5.32 Å². The van der Waals surface area contributed by atoms with Crippen LogP contribution in [-0.4, -0.2) is 26.7 Å². The van der Waals surface area contributed by atoms with Gasteiger partial charge in [-0.15, -0.1) is 10.2 Å². The summed E-state index contributed by atoms with van der Waals surface area (Å²) in [7, 11) is 0. The Morgan fingerprint density at radius 1 is 1.19 bits per heavy atom. The number of rotatable bonds is 7. The van der Waals surface area contributed by atoms with E-state index in [9.17, 15) is 14.9 Å². The van der Waals surface area contributed by atoms with E-state index in [1.54, 1.807) is 6.07 Å². The van der Waals surface area contributed by atoms with Crippen LogP contribution in [0.1, 0.15) is 21.5 Å². The topological polar surface area (TPSA) is 98.0 Å². The maximum absolute atomic E-state index is 12.3. The summed E-state index contributed by atoms with van der Waals surface area (Å²) in [6.07, 6.45) is 0. The monoisotopic (exact) mass is 400 g/mol. The lowest BCUT2D eigenvalue weighted by atomic mass is 10.1. The van der Waals surface area contributed by atoms with Crippen LogP contribution in [0.15, 0.2) is 46.8 Å². The van der Waals surface area contributed by atoms with Gasteiger partial charge in [0.15, 0.2) is 10.1 Å². The molecule has 0 saturated heterocycles. The van der Waals surface area contributed by atoms with Gasteiger partial charge < -0.3 is 5.32 Å². The molecule has 0 aliphatic heterocycles. The molecule has 0 amide bonds. The van der Waals surface area contributed by atoms with Crippen molar-refractivity contribution < 1.29 is 9.72 Å². The highest BCUT2D eigenvalue weighted by molar-refractivity contribution is 8.01. The van der Waals surface area contributed by atoms with Gasteiger partial charge in [-0.1, -0.05) is 41.3 Å². The number of carbonyl (C=O) groups excluding carboxylic acids is 1. The summed E-state index contributed by atoms with van der Waals surface area (Å²) in [5.74, 6) is -0.0537. The Balaban J connectivity index is 1.60. The number of nitrogens with zero attached hydrogens (tertiary/aromatic N) is 3. The third-order valence-corrected chi connectivity index (χ3v) is 5.84. The molecule has 7 nitrogen and oxygen atoms in total. The second kappa shape index (κ2) is 8.28. The molecule has 0 spiro atoms. The van der Waals surface area contributed by atoms with Gasteiger partial charge in [0.1, 0.15) is 0 Å². The summed E-state index contributed by atoms with van der Waals surface area (Å²) in [5.41, 5.74) is 3.55. The number of aromatic nitrogens is 2. The number of non-ortho nitro benzene ring substituents is 1. The van der Waals surface area contributed by atoms with Crippen LogP contribution in [0.25, 0.3) is 0 Å². The van der Waals surface area contributed by atoms with E-state index in [1.165, 1.54) is 52.4 Å². The van der Waals surface area contributed by atoms with Crippen molar-refractivity contribution >= 4 is 45.4 Å². The third kappa shape index (κ3) is 4.89. The molecule has 2 aromatic carbocycles. The van der Waals surface area contributed by atoms with E-state index < -0.39 is 4.92 Å². The minimum atomic E-state index is -0.514. The number of carbonyl (C=O) groups is 1. The number of hydrogen-bond donors (Lipinski definition) is 1. The van der Waals surface area contributed by atoms with Crippen molar-refractivity contribution in [2.45, 2.75) is 18.2 Å². The maximum Gasteiger partial charge on any atom is 0.270 e. The Bertz CT molecular complexity index is 1000. The molecule has 0 bridgehead atoms. The predicted octanol–water partition coefficient (Wildman–Crippen LogP) is 4.78. The minimum absolute atomic E-state index is 0.0957. The molecule has 0 unspecified atom stereocenters. The Labute approximate surface area is 164 Å². The zero-order valence-electron chi connectivity index (χ0n) is 14.6. The molecular weight excluding hydrogens is 384 g/mol. The largest absolute Gasteiger partial charge is 0.330 e. The second-order valence-corrected chi connectivity index (χ2v) is 8.02. The highest BCUT2D eigenvalue weighted by Crippen LogP contribution is 2.29. The first kappa shape index (κ1) is 19.0. The van der Waals surface area contributed by atoms with E-state index in [0.29, 0.717) is 15.0 Å². The fourth-order valence-corrected chi connectivity index (χ4v) is 3.93. The molecule has 0 radical (unpaired) electrons. The molecule has 9 heteroatoms. The second-order valence-electron chi connectivity index (χ2n) is 5.82. The van der Waals surface area contributed by atoms with Crippen molar-refractivity contribution in [2.75, 3.05) is 11.1 Å². The smallest absolute Gasteiger partial charge is 0.270 e. The molecule has 138 valence electrons. The zero-order chi connectivity index (χ0) is 19.4. The zero-order valence-corrected chi connectivity index (χ0v) is 16.3. The van der Waals surface area contributed by atoms with Gasteiger partial charge in [-0.2, -0.15) is 0 Å². The number of Topliss-reactive ketones (excluding diaryl/α,β-unsaturated/α-hetero) is 1. The summed E-state index contributed by atoms with van der Waals surface area (Å²) < 4.78 is 0.653. The lowest BCUT2D eigenvalue weighted by molar-refractivity contribution is -0.384. The summed E-state index contributed by atoms with van der Waals surface area (Å²) in [6, 6.07) is 11.8. The van der Waals surface area contributed by atoms with Crippen molar-refractivity contribution in [1.82, 2.24) is 10.2 Å². The van der Waals surface area contributed by atoms with Crippen molar-refractivity contribution in [2.24, 2.45) is 0 Å². The van der Waals surface area contributed by atoms with Crippen molar-refractivity contribution in [3.05, 3.63) is 69.3 Å². The number of aryl methyl sites for hydroxylation is 2. The van der Waals surface area contributed by atoms with Gasteiger partial charge in [-0.25, -0.2) is 0 Å². The summed E-state index contributed by atoms with van der Waals surface area (Å²) in [6.45, 7) is 4.10.